The van der Waals surface area contributed by atoms with Gasteiger partial charge in [0.15, 0.2) is 0 Å². The van der Waals surface area contributed by atoms with E-state index in [2.05, 4.69) is 21.2 Å². The molecule has 0 radical (unpaired) electrons. The number of hydrogen-bond acceptors (Lipinski definition) is 2. The first-order valence-electron chi connectivity index (χ1n) is 7.70. The highest BCUT2D eigenvalue weighted by atomic mass is 15.1. The van der Waals surface area contributed by atoms with Crippen LogP contribution in [0.15, 0.2) is 6.33 Å². The number of unbranched alkanes of at least 4 members (excludes halogenated alkanes) is 2. The largest absolute Gasteiger partial charge is 0.334 e. The summed E-state index contributed by atoms with van der Waals surface area (Å²) in [6.07, 6.45) is 14.0. The van der Waals surface area contributed by atoms with E-state index in [1.54, 1.807) is 0 Å². The summed E-state index contributed by atoms with van der Waals surface area (Å²) in [6.45, 7) is 2.39. The number of fused-ring (bicyclic) bond motifs is 1. The predicted molar refractivity (Wildman–Crippen MR) is 73.7 cm³/mol. The Morgan fingerprint density at radius 3 is 2.94 bits per heavy atom. The third kappa shape index (κ3) is 3.14. The highest BCUT2D eigenvalue weighted by Crippen LogP contribution is 2.20. The quantitative estimate of drug-likeness (QED) is 0.751. The van der Waals surface area contributed by atoms with Crippen molar-refractivity contribution in [2.45, 2.75) is 70.4 Å². The lowest BCUT2D eigenvalue weighted by Crippen LogP contribution is -2.17. The molecule has 3 nitrogen and oxygen atoms in total. The maximum Gasteiger partial charge on any atom is 0.0951 e. The Morgan fingerprint density at radius 2 is 2.06 bits per heavy atom. The van der Waals surface area contributed by atoms with Gasteiger partial charge in [-0.05, 0) is 57.9 Å². The Kier molecular flexibility index (Phi) is 3.99. The van der Waals surface area contributed by atoms with Crippen LogP contribution in [0.5, 0.6) is 0 Å². The molecule has 0 saturated heterocycles. The maximum absolute atomic E-state index is 4.55. The Morgan fingerprint density at radius 1 is 1.17 bits per heavy atom. The Balaban J connectivity index is 1.35. The molecule has 3 rings (SSSR count). The van der Waals surface area contributed by atoms with Gasteiger partial charge < -0.3 is 9.88 Å². The monoisotopic (exact) mass is 247 g/mol. The second kappa shape index (κ2) is 5.87. The second-order valence-electron chi connectivity index (χ2n) is 5.83. The molecule has 1 N–H and O–H groups in total. The van der Waals surface area contributed by atoms with Crippen LogP contribution in [0.2, 0.25) is 0 Å². The normalized spacial score (nSPS) is 18.9. The van der Waals surface area contributed by atoms with Gasteiger partial charge in [-0.1, -0.05) is 6.42 Å². The van der Waals surface area contributed by atoms with Crippen molar-refractivity contribution in [2.24, 2.45) is 0 Å². The van der Waals surface area contributed by atoms with Crippen LogP contribution in [0.25, 0.3) is 0 Å². The lowest BCUT2D eigenvalue weighted by molar-refractivity contribution is 0.538. The van der Waals surface area contributed by atoms with Crippen LogP contribution in [0, 0.1) is 0 Å². The minimum Gasteiger partial charge on any atom is -0.334 e. The molecule has 1 aromatic rings. The highest BCUT2D eigenvalue weighted by molar-refractivity contribution is 5.16. The third-order valence-electron chi connectivity index (χ3n) is 4.20. The fourth-order valence-corrected chi connectivity index (χ4v) is 2.90. The van der Waals surface area contributed by atoms with Gasteiger partial charge in [0.05, 0.1) is 12.0 Å². The van der Waals surface area contributed by atoms with Crippen molar-refractivity contribution in [3.05, 3.63) is 17.7 Å². The average Bonchev–Trinajstić information content (AvgIpc) is 3.14. The summed E-state index contributed by atoms with van der Waals surface area (Å²) < 4.78 is 2.41. The van der Waals surface area contributed by atoms with Crippen LogP contribution < -0.4 is 5.32 Å². The number of aromatic nitrogens is 2. The fourth-order valence-electron chi connectivity index (χ4n) is 2.90. The van der Waals surface area contributed by atoms with Crippen molar-refractivity contribution in [1.82, 2.24) is 14.9 Å². The van der Waals surface area contributed by atoms with Gasteiger partial charge in [0.2, 0.25) is 0 Å². The van der Waals surface area contributed by atoms with Crippen molar-refractivity contribution in [3.63, 3.8) is 0 Å². The van der Waals surface area contributed by atoms with Gasteiger partial charge in [0.1, 0.15) is 0 Å². The minimum atomic E-state index is 0.866. The molecule has 0 atom stereocenters. The van der Waals surface area contributed by atoms with Crippen molar-refractivity contribution < 1.29 is 0 Å². The van der Waals surface area contributed by atoms with E-state index in [1.807, 2.05) is 0 Å². The standard InChI is InChI=1S/C15H25N3/c1(4-10-16-13-8-9-13)5-11-18-12-17-14-6-2-3-7-15(14)18/h12-13,16H,1-11H2. The SMILES string of the molecule is c1nc2c(n1CCCCCNC1CC1)CCCC2. The molecule has 3 heteroatoms. The molecule has 1 heterocycles. The first-order chi connectivity index (χ1) is 8.93. The summed E-state index contributed by atoms with van der Waals surface area (Å²) in [5, 5.41) is 3.58. The Bertz CT molecular complexity index is 379. The molecule has 0 aliphatic heterocycles. The molecular weight excluding hydrogens is 222 g/mol. The number of aryl methyl sites for hydroxylation is 2. The van der Waals surface area contributed by atoms with Gasteiger partial charge in [-0.2, -0.15) is 0 Å². The van der Waals surface area contributed by atoms with E-state index >= 15 is 0 Å². The molecule has 0 aromatic carbocycles. The van der Waals surface area contributed by atoms with Gasteiger partial charge in [-0.25, -0.2) is 4.98 Å². The molecule has 0 spiro atoms. The van der Waals surface area contributed by atoms with Crippen LogP contribution >= 0.6 is 0 Å². The van der Waals surface area contributed by atoms with Crippen LogP contribution in [-0.4, -0.2) is 22.1 Å². The summed E-state index contributed by atoms with van der Waals surface area (Å²) in [5.74, 6) is 0. The van der Waals surface area contributed by atoms with E-state index in [1.165, 1.54) is 82.3 Å². The summed E-state index contributed by atoms with van der Waals surface area (Å²) in [7, 11) is 0. The molecule has 2 aliphatic rings. The summed E-state index contributed by atoms with van der Waals surface area (Å²) >= 11 is 0. The van der Waals surface area contributed by atoms with Gasteiger partial charge in [-0.3, -0.25) is 0 Å². The van der Waals surface area contributed by atoms with E-state index in [9.17, 15) is 0 Å². The number of rotatable bonds is 7. The number of hydrogen-bond donors (Lipinski definition) is 1. The van der Waals surface area contributed by atoms with Crippen molar-refractivity contribution in [1.29, 1.82) is 0 Å². The Labute approximate surface area is 110 Å². The van der Waals surface area contributed by atoms with Gasteiger partial charge in [-0.15, -0.1) is 0 Å². The lowest BCUT2D eigenvalue weighted by Gasteiger charge is -2.13. The summed E-state index contributed by atoms with van der Waals surface area (Å²) in [5.41, 5.74) is 2.90. The molecule has 1 aromatic heterocycles. The third-order valence-corrected chi connectivity index (χ3v) is 4.20. The zero-order valence-electron chi connectivity index (χ0n) is 11.3. The maximum atomic E-state index is 4.55. The lowest BCUT2D eigenvalue weighted by atomic mass is 10.0. The van der Waals surface area contributed by atoms with Crippen molar-refractivity contribution in [2.75, 3.05) is 6.54 Å². The molecule has 2 aliphatic carbocycles. The predicted octanol–water partition coefficient (Wildman–Crippen LogP) is 2.68. The summed E-state index contributed by atoms with van der Waals surface area (Å²) in [6, 6.07) is 0.866. The van der Waals surface area contributed by atoms with Gasteiger partial charge in [0, 0.05) is 18.3 Å². The van der Waals surface area contributed by atoms with E-state index < -0.39 is 0 Å². The molecule has 0 unspecified atom stereocenters. The highest BCUT2D eigenvalue weighted by Gasteiger charge is 2.19. The van der Waals surface area contributed by atoms with E-state index in [0.29, 0.717) is 0 Å². The van der Waals surface area contributed by atoms with Crippen molar-refractivity contribution in [3.8, 4) is 0 Å². The van der Waals surface area contributed by atoms with Crippen LogP contribution in [-0.2, 0) is 19.4 Å². The topological polar surface area (TPSA) is 29.9 Å². The van der Waals surface area contributed by atoms with Crippen LogP contribution in [0.1, 0.15) is 56.3 Å². The zero-order valence-corrected chi connectivity index (χ0v) is 11.3. The first-order valence-corrected chi connectivity index (χ1v) is 7.70. The smallest absolute Gasteiger partial charge is 0.0951 e. The molecule has 0 bridgehead atoms. The molecule has 18 heavy (non-hydrogen) atoms. The summed E-state index contributed by atoms with van der Waals surface area (Å²) in [4.78, 5) is 4.55. The van der Waals surface area contributed by atoms with E-state index in [0.717, 1.165) is 6.04 Å². The first kappa shape index (κ1) is 12.2. The van der Waals surface area contributed by atoms with Crippen LogP contribution in [0.4, 0.5) is 0 Å². The zero-order chi connectivity index (χ0) is 12.2. The average molecular weight is 247 g/mol. The molecular formula is C15H25N3. The van der Waals surface area contributed by atoms with E-state index in [4.69, 9.17) is 0 Å². The Hall–Kier alpha value is -0.830. The number of nitrogens with one attached hydrogen (secondary N) is 1. The molecule has 0 amide bonds. The molecule has 1 saturated carbocycles. The second-order valence-corrected chi connectivity index (χ2v) is 5.83. The number of nitrogens with zero attached hydrogens (tertiary/aromatic N) is 2. The minimum absolute atomic E-state index is 0.866. The van der Waals surface area contributed by atoms with Gasteiger partial charge >= 0.3 is 0 Å². The van der Waals surface area contributed by atoms with Crippen LogP contribution in [0.3, 0.4) is 0 Å². The van der Waals surface area contributed by atoms with Crippen molar-refractivity contribution >= 4 is 0 Å². The van der Waals surface area contributed by atoms with Gasteiger partial charge in [0.25, 0.3) is 0 Å². The fraction of sp³-hybridized carbons (Fsp3) is 0.800. The van der Waals surface area contributed by atoms with E-state index in [-0.39, 0.29) is 0 Å². The molecule has 100 valence electrons. The number of imidazole rings is 1. The molecule has 1 fully saturated rings.